The van der Waals surface area contributed by atoms with E-state index in [1.807, 2.05) is 0 Å². The molecule has 0 aliphatic heterocycles. The third-order valence-corrected chi connectivity index (χ3v) is 19.6. The van der Waals surface area contributed by atoms with Crippen molar-refractivity contribution in [2.24, 2.45) is 0 Å². The Labute approximate surface area is 541 Å². The smallest absolute Gasteiger partial charge is 0.0713 e. The molecule has 0 radical (unpaired) electrons. The molecule has 0 bridgehead atoms. The molecular formula is C91H60N2. The number of para-hydroxylation sites is 3. The summed E-state index contributed by atoms with van der Waals surface area (Å²) >= 11 is 0. The van der Waals surface area contributed by atoms with Crippen LogP contribution in [0.5, 0.6) is 0 Å². The van der Waals surface area contributed by atoms with Gasteiger partial charge in [-0.05, 0) is 172 Å². The van der Waals surface area contributed by atoms with Crippen LogP contribution >= 0.6 is 0 Å². The van der Waals surface area contributed by atoms with E-state index in [1.54, 1.807) is 0 Å². The molecule has 0 fully saturated rings. The van der Waals surface area contributed by atoms with Gasteiger partial charge in [-0.15, -0.1) is 0 Å². The zero-order chi connectivity index (χ0) is 61.4. The first-order valence-corrected chi connectivity index (χ1v) is 32.2. The van der Waals surface area contributed by atoms with Crippen LogP contribution in [0.4, 0.5) is 0 Å². The maximum absolute atomic E-state index is 2.46. The SMILES string of the molecule is c1ccc(-c2cccc(-n3c4ccccc4c4cc(-c5ccc6c(c5)c5ccccc5n6-c5ccccc5-c5ccc(-c6ccc(-c7cccc(C8(c9cccc(-c%10ccccc%10-c%10ccccc%10)c9)c9ccccc9-c9ccccc98)c7)cc6)cc5)ccc43)c2)cc1. The van der Waals surface area contributed by atoms with Crippen molar-refractivity contribution in [1.29, 1.82) is 0 Å². The van der Waals surface area contributed by atoms with Gasteiger partial charge in [0.2, 0.25) is 0 Å². The van der Waals surface area contributed by atoms with Crippen molar-refractivity contribution in [3.8, 4) is 100 Å². The highest BCUT2D eigenvalue weighted by Gasteiger charge is 2.46. The van der Waals surface area contributed by atoms with Crippen molar-refractivity contribution in [3.63, 3.8) is 0 Å². The first-order valence-electron chi connectivity index (χ1n) is 32.2. The number of nitrogens with zero attached hydrogens (tertiary/aromatic N) is 2. The van der Waals surface area contributed by atoms with E-state index in [0.717, 1.165) is 11.4 Å². The monoisotopic (exact) mass is 1180 g/mol. The van der Waals surface area contributed by atoms with E-state index in [0.29, 0.717) is 0 Å². The lowest BCUT2D eigenvalue weighted by atomic mass is 9.67. The summed E-state index contributed by atoms with van der Waals surface area (Å²) in [6, 6.07) is 135. The second-order valence-electron chi connectivity index (χ2n) is 24.7. The van der Waals surface area contributed by atoms with Gasteiger partial charge in [-0.25, -0.2) is 0 Å². The van der Waals surface area contributed by atoms with Gasteiger partial charge < -0.3 is 9.13 Å². The molecule has 0 unspecified atom stereocenters. The number of hydrogen-bond donors (Lipinski definition) is 0. The number of rotatable bonds is 11. The lowest BCUT2D eigenvalue weighted by molar-refractivity contribution is 0.769. The van der Waals surface area contributed by atoms with Crippen LogP contribution in [0, 0.1) is 0 Å². The average Bonchev–Trinajstić information content (AvgIpc) is 1.57. The van der Waals surface area contributed by atoms with Crippen LogP contribution in [0.15, 0.2) is 364 Å². The maximum atomic E-state index is 2.46. The van der Waals surface area contributed by atoms with Gasteiger partial charge in [0.15, 0.2) is 0 Å². The third kappa shape index (κ3) is 8.86. The molecule has 1 aliphatic rings. The van der Waals surface area contributed by atoms with Gasteiger partial charge in [0, 0.05) is 32.8 Å². The second-order valence-corrected chi connectivity index (χ2v) is 24.7. The van der Waals surface area contributed by atoms with Crippen molar-refractivity contribution >= 4 is 43.6 Å². The summed E-state index contributed by atoms with van der Waals surface area (Å²) in [5, 5.41) is 4.93. The molecule has 2 nitrogen and oxygen atoms in total. The summed E-state index contributed by atoms with van der Waals surface area (Å²) in [4.78, 5) is 0. The van der Waals surface area contributed by atoms with E-state index in [2.05, 4.69) is 373 Å². The molecule has 0 saturated carbocycles. The van der Waals surface area contributed by atoms with Crippen LogP contribution in [0.1, 0.15) is 22.3 Å². The predicted octanol–water partition coefficient (Wildman–Crippen LogP) is 23.9. The topological polar surface area (TPSA) is 9.86 Å². The minimum Gasteiger partial charge on any atom is -0.309 e. The Hall–Kier alpha value is -12.1. The van der Waals surface area contributed by atoms with Gasteiger partial charge in [-0.3, -0.25) is 0 Å². The molecule has 0 atom stereocenters. The predicted molar refractivity (Wildman–Crippen MR) is 390 cm³/mol. The Morgan fingerprint density at radius 1 is 0.183 bits per heavy atom. The van der Waals surface area contributed by atoms with Gasteiger partial charge in [0.05, 0.1) is 33.2 Å². The van der Waals surface area contributed by atoms with Crippen LogP contribution in [-0.4, -0.2) is 9.13 Å². The molecule has 17 aromatic rings. The fraction of sp³-hybridized carbons (Fsp3) is 0.0110. The van der Waals surface area contributed by atoms with Crippen molar-refractivity contribution in [2.75, 3.05) is 0 Å². The van der Waals surface area contributed by atoms with Crippen LogP contribution in [0.2, 0.25) is 0 Å². The molecule has 0 amide bonds. The van der Waals surface area contributed by atoms with E-state index < -0.39 is 5.41 Å². The molecule has 0 N–H and O–H groups in total. The molecule has 0 spiro atoms. The van der Waals surface area contributed by atoms with E-state index in [1.165, 1.54) is 155 Å². The minimum absolute atomic E-state index is 0.563. The Balaban J connectivity index is 0.665. The Morgan fingerprint density at radius 2 is 0.538 bits per heavy atom. The van der Waals surface area contributed by atoms with Crippen molar-refractivity contribution in [1.82, 2.24) is 9.13 Å². The van der Waals surface area contributed by atoms with E-state index in [9.17, 15) is 0 Å². The Bertz CT molecular complexity index is 5680. The molecule has 0 saturated heterocycles. The fourth-order valence-corrected chi connectivity index (χ4v) is 15.4. The molecule has 93 heavy (non-hydrogen) atoms. The summed E-state index contributed by atoms with van der Waals surface area (Å²) in [5.41, 5.74) is 30.8. The van der Waals surface area contributed by atoms with E-state index in [-0.39, 0.29) is 0 Å². The van der Waals surface area contributed by atoms with Gasteiger partial charge in [-0.1, -0.05) is 297 Å². The molecule has 2 aromatic heterocycles. The van der Waals surface area contributed by atoms with E-state index in [4.69, 9.17) is 0 Å². The molecule has 1 aliphatic carbocycles. The highest BCUT2D eigenvalue weighted by atomic mass is 15.0. The second kappa shape index (κ2) is 22.1. The lowest BCUT2D eigenvalue weighted by Gasteiger charge is -2.34. The van der Waals surface area contributed by atoms with Gasteiger partial charge >= 0.3 is 0 Å². The van der Waals surface area contributed by atoms with E-state index >= 15 is 0 Å². The first kappa shape index (κ1) is 53.9. The van der Waals surface area contributed by atoms with Crippen LogP contribution in [0.3, 0.4) is 0 Å². The number of fused-ring (bicyclic) bond motifs is 9. The molecule has 2 heterocycles. The largest absolute Gasteiger partial charge is 0.309 e. The quantitative estimate of drug-likeness (QED) is 0.122. The number of hydrogen-bond acceptors (Lipinski definition) is 0. The summed E-state index contributed by atoms with van der Waals surface area (Å²) in [5.74, 6) is 0. The fourth-order valence-electron chi connectivity index (χ4n) is 15.4. The van der Waals surface area contributed by atoms with Crippen molar-refractivity contribution in [3.05, 3.63) is 386 Å². The van der Waals surface area contributed by atoms with Crippen LogP contribution in [0.25, 0.3) is 144 Å². The molecule has 15 aromatic carbocycles. The Kier molecular flexibility index (Phi) is 12.8. The average molecular weight is 1180 g/mol. The third-order valence-electron chi connectivity index (χ3n) is 19.6. The highest BCUT2D eigenvalue weighted by Crippen LogP contribution is 2.57. The first-order chi connectivity index (χ1) is 46.1. The van der Waals surface area contributed by atoms with Gasteiger partial charge in [-0.2, -0.15) is 0 Å². The summed E-state index contributed by atoms with van der Waals surface area (Å²) in [6.07, 6.45) is 0. The Morgan fingerprint density at radius 3 is 1.14 bits per heavy atom. The summed E-state index contributed by atoms with van der Waals surface area (Å²) in [6.45, 7) is 0. The number of aromatic nitrogens is 2. The highest BCUT2D eigenvalue weighted by molar-refractivity contribution is 6.13. The minimum atomic E-state index is -0.563. The van der Waals surface area contributed by atoms with Crippen LogP contribution < -0.4 is 0 Å². The van der Waals surface area contributed by atoms with Gasteiger partial charge in [0.1, 0.15) is 0 Å². The van der Waals surface area contributed by atoms with Crippen molar-refractivity contribution in [2.45, 2.75) is 5.41 Å². The normalized spacial score (nSPS) is 12.4. The standard InChI is InChI=1S/C91H60N2/c1-3-22-61(23-4-1)68-27-21-31-74(58-68)92-87-42-17-12-37-80(87)82-59-69(52-54-89(82)92)70-53-55-90-83(60-70)81-38-13-18-43-88(81)93(90)86-41-16-11-34-77(86)66-50-48-63(49-51-66)62-44-46-64(47-45-62)67-26-19-29-72(56-67)91(84-39-14-9-35-78(84)79-36-10-15-40-85(79)91)73-30-20-28-71(57-73)76-33-8-7-32-75(76)65-24-5-2-6-25-65/h1-60H. The number of benzene rings is 15. The summed E-state index contributed by atoms with van der Waals surface area (Å²) < 4.78 is 4.87. The zero-order valence-electron chi connectivity index (χ0n) is 51.0. The van der Waals surface area contributed by atoms with Gasteiger partial charge in [0.25, 0.3) is 0 Å². The molecule has 434 valence electrons. The van der Waals surface area contributed by atoms with Crippen LogP contribution in [-0.2, 0) is 5.41 Å². The zero-order valence-corrected chi connectivity index (χ0v) is 51.0. The summed E-state index contributed by atoms with van der Waals surface area (Å²) in [7, 11) is 0. The lowest BCUT2D eigenvalue weighted by Crippen LogP contribution is -2.28. The molecule has 18 rings (SSSR count). The molecular weight excluding hydrogens is 1120 g/mol. The molecule has 2 heteroatoms. The van der Waals surface area contributed by atoms with Crippen molar-refractivity contribution < 1.29 is 0 Å². The maximum Gasteiger partial charge on any atom is 0.0713 e.